The number of carbonyl (C=O) groups is 1. The Hall–Kier alpha value is -2.25. The number of nitrogens with one attached hydrogen (secondary N) is 1. The number of piperidine rings is 1. The Bertz CT molecular complexity index is 741. The molecule has 1 aromatic carbocycles. The molecule has 2 unspecified atom stereocenters. The number of rotatable bonds is 3. The molecule has 2 aliphatic heterocycles. The van der Waals surface area contributed by atoms with E-state index in [1.165, 1.54) is 0 Å². The lowest BCUT2D eigenvalue weighted by Crippen LogP contribution is -2.46. The summed E-state index contributed by atoms with van der Waals surface area (Å²) in [5, 5.41) is 11.7. The molecule has 4 rings (SSSR count). The minimum atomic E-state index is -0.108. The monoisotopic (exact) mass is 355 g/mol. The lowest BCUT2D eigenvalue weighted by Gasteiger charge is -2.36. The van der Waals surface area contributed by atoms with Gasteiger partial charge in [-0.25, -0.2) is 4.68 Å². The van der Waals surface area contributed by atoms with Crippen LogP contribution in [0.3, 0.4) is 0 Å². The van der Waals surface area contributed by atoms with E-state index < -0.39 is 0 Å². The van der Waals surface area contributed by atoms with Crippen molar-refractivity contribution in [2.75, 3.05) is 26.2 Å². The molecular formula is C19H25N5O2. The van der Waals surface area contributed by atoms with Crippen molar-refractivity contribution in [1.29, 1.82) is 0 Å². The van der Waals surface area contributed by atoms with Crippen LogP contribution in [0.1, 0.15) is 48.0 Å². The first-order valence-corrected chi connectivity index (χ1v) is 9.33. The fourth-order valence-corrected chi connectivity index (χ4v) is 3.76. The van der Waals surface area contributed by atoms with Gasteiger partial charge in [-0.05, 0) is 38.4 Å². The third kappa shape index (κ3) is 3.64. The third-order valence-electron chi connectivity index (χ3n) is 5.13. The Balaban J connectivity index is 1.47. The zero-order valence-corrected chi connectivity index (χ0v) is 15.0. The van der Waals surface area contributed by atoms with Crippen LogP contribution in [-0.2, 0) is 4.74 Å². The highest BCUT2D eigenvalue weighted by molar-refractivity contribution is 5.92. The molecule has 2 fully saturated rings. The van der Waals surface area contributed by atoms with E-state index in [0.717, 1.165) is 31.5 Å². The van der Waals surface area contributed by atoms with Crippen molar-refractivity contribution >= 4 is 5.91 Å². The second kappa shape index (κ2) is 7.55. The maximum atomic E-state index is 13.0. The zero-order valence-electron chi connectivity index (χ0n) is 15.0. The molecule has 0 aliphatic carbocycles. The summed E-state index contributed by atoms with van der Waals surface area (Å²) < 4.78 is 7.90. The molecule has 7 nitrogen and oxygen atoms in total. The van der Waals surface area contributed by atoms with Crippen LogP contribution in [0, 0.1) is 0 Å². The minimum Gasteiger partial charge on any atom is -0.367 e. The van der Waals surface area contributed by atoms with Gasteiger partial charge in [-0.1, -0.05) is 35.5 Å². The predicted molar refractivity (Wildman–Crippen MR) is 96.8 cm³/mol. The summed E-state index contributed by atoms with van der Waals surface area (Å²) in [6.45, 7) is 5.07. The SMILES string of the molecule is CC1CN(C(=O)c2cn(C3CCNCC3)nn2)CC(c2ccccc2)O1. The van der Waals surface area contributed by atoms with Gasteiger partial charge in [0, 0.05) is 6.54 Å². The Morgan fingerprint density at radius 1 is 1.19 bits per heavy atom. The largest absolute Gasteiger partial charge is 0.367 e. The van der Waals surface area contributed by atoms with Crippen LogP contribution in [0.5, 0.6) is 0 Å². The highest BCUT2D eigenvalue weighted by Crippen LogP contribution is 2.26. The van der Waals surface area contributed by atoms with Gasteiger partial charge >= 0.3 is 0 Å². The molecule has 26 heavy (non-hydrogen) atoms. The summed E-state index contributed by atoms with van der Waals surface area (Å²) in [6.07, 6.45) is 3.71. The Labute approximate surface area is 153 Å². The Morgan fingerprint density at radius 2 is 1.96 bits per heavy atom. The van der Waals surface area contributed by atoms with E-state index in [-0.39, 0.29) is 18.1 Å². The summed E-state index contributed by atoms with van der Waals surface area (Å²) in [4.78, 5) is 14.8. The molecule has 0 saturated carbocycles. The lowest BCUT2D eigenvalue weighted by molar-refractivity contribution is -0.0693. The molecule has 3 heterocycles. The smallest absolute Gasteiger partial charge is 0.276 e. The van der Waals surface area contributed by atoms with E-state index in [1.54, 1.807) is 6.20 Å². The van der Waals surface area contributed by atoms with E-state index in [9.17, 15) is 4.79 Å². The van der Waals surface area contributed by atoms with Crippen LogP contribution >= 0.6 is 0 Å². The average molecular weight is 355 g/mol. The van der Waals surface area contributed by atoms with Gasteiger partial charge in [0.15, 0.2) is 5.69 Å². The summed E-state index contributed by atoms with van der Waals surface area (Å²) in [5.74, 6) is -0.0683. The van der Waals surface area contributed by atoms with Gasteiger partial charge in [-0.15, -0.1) is 5.10 Å². The van der Waals surface area contributed by atoms with Crippen molar-refractivity contribution in [2.24, 2.45) is 0 Å². The van der Waals surface area contributed by atoms with Crippen molar-refractivity contribution in [1.82, 2.24) is 25.2 Å². The van der Waals surface area contributed by atoms with E-state index in [4.69, 9.17) is 4.74 Å². The Morgan fingerprint density at radius 3 is 2.73 bits per heavy atom. The fraction of sp³-hybridized carbons (Fsp3) is 0.526. The number of benzene rings is 1. The van der Waals surface area contributed by atoms with E-state index >= 15 is 0 Å². The fourth-order valence-electron chi connectivity index (χ4n) is 3.76. The molecule has 0 spiro atoms. The summed E-state index contributed by atoms with van der Waals surface area (Å²) in [5.41, 5.74) is 1.51. The molecule has 1 N–H and O–H groups in total. The topological polar surface area (TPSA) is 72.3 Å². The molecule has 2 saturated heterocycles. The van der Waals surface area contributed by atoms with Crippen molar-refractivity contribution < 1.29 is 9.53 Å². The highest BCUT2D eigenvalue weighted by atomic mass is 16.5. The number of nitrogens with zero attached hydrogens (tertiary/aromatic N) is 4. The summed E-state index contributed by atoms with van der Waals surface area (Å²) in [7, 11) is 0. The number of aromatic nitrogens is 3. The average Bonchev–Trinajstić information content (AvgIpc) is 3.18. The molecular weight excluding hydrogens is 330 g/mol. The first-order valence-electron chi connectivity index (χ1n) is 9.33. The van der Waals surface area contributed by atoms with Crippen molar-refractivity contribution in [2.45, 2.75) is 38.0 Å². The molecule has 138 valence electrons. The van der Waals surface area contributed by atoms with Gasteiger partial charge in [-0.2, -0.15) is 0 Å². The van der Waals surface area contributed by atoms with Crippen molar-refractivity contribution in [3.63, 3.8) is 0 Å². The summed E-state index contributed by atoms with van der Waals surface area (Å²) >= 11 is 0. The second-order valence-electron chi connectivity index (χ2n) is 7.12. The van der Waals surface area contributed by atoms with Crippen LogP contribution in [0.4, 0.5) is 0 Å². The maximum Gasteiger partial charge on any atom is 0.276 e. The first kappa shape index (κ1) is 17.2. The standard InChI is InChI=1S/C19H25N5O2/c1-14-11-23(13-18(26-14)15-5-3-2-4-6-15)19(25)17-12-24(22-21-17)16-7-9-20-10-8-16/h2-6,12,14,16,18,20H,7-11,13H2,1H3. The number of ether oxygens (including phenoxy) is 1. The van der Waals surface area contributed by atoms with Gasteiger partial charge < -0.3 is 15.0 Å². The van der Waals surface area contributed by atoms with Crippen LogP contribution < -0.4 is 5.32 Å². The van der Waals surface area contributed by atoms with Crippen molar-refractivity contribution in [3.05, 3.63) is 47.8 Å². The van der Waals surface area contributed by atoms with Crippen LogP contribution in [0.15, 0.2) is 36.5 Å². The molecule has 1 amide bonds. The summed E-state index contributed by atoms with van der Waals surface area (Å²) in [6, 6.07) is 10.4. The lowest BCUT2D eigenvalue weighted by atomic mass is 10.1. The molecule has 0 radical (unpaired) electrons. The number of hydrogen-bond donors (Lipinski definition) is 1. The van der Waals surface area contributed by atoms with Crippen LogP contribution in [0.25, 0.3) is 0 Å². The first-order chi connectivity index (χ1) is 12.7. The van der Waals surface area contributed by atoms with E-state index in [2.05, 4.69) is 15.6 Å². The van der Waals surface area contributed by atoms with Crippen LogP contribution in [0.2, 0.25) is 0 Å². The Kier molecular flexibility index (Phi) is 4.99. The number of hydrogen-bond acceptors (Lipinski definition) is 5. The molecule has 0 bridgehead atoms. The molecule has 2 aromatic rings. The molecule has 7 heteroatoms. The van der Waals surface area contributed by atoms with E-state index in [0.29, 0.717) is 24.8 Å². The third-order valence-corrected chi connectivity index (χ3v) is 5.13. The number of morpholine rings is 1. The van der Waals surface area contributed by atoms with Gasteiger partial charge in [0.05, 0.1) is 24.9 Å². The quantitative estimate of drug-likeness (QED) is 0.909. The van der Waals surface area contributed by atoms with Gasteiger partial charge in [-0.3, -0.25) is 4.79 Å². The van der Waals surface area contributed by atoms with Crippen LogP contribution in [-0.4, -0.2) is 58.1 Å². The normalized spacial score (nSPS) is 24.6. The van der Waals surface area contributed by atoms with E-state index in [1.807, 2.05) is 46.8 Å². The van der Waals surface area contributed by atoms with Gasteiger partial charge in [0.1, 0.15) is 6.10 Å². The zero-order chi connectivity index (χ0) is 17.9. The van der Waals surface area contributed by atoms with Gasteiger partial charge in [0.25, 0.3) is 5.91 Å². The molecule has 1 aromatic heterocycles. The van der Waals surface area contributed by atoms with Crippen molar-refractivity contribution in [3.8, 4) is 0 Å². The predicted octanol–water partition coefficient (Wildman–Crippen LogP) is 1.80. The highest BCUT2D eigenvalue weighted by Gasteiger charge is 2.31. The number of amides is 1. The molecule has 2 aliphatic rings. The second-order valence-corrected chi connectivity index (χ2v) is 7.12. The maximum absolute atomic E-state index is 13.0. The van der Waals surface area contributed by atoms with Gasteiger partial charge in [0.2, 0.25) is 0 Å². The minimum absolute atomic E-state index is 0.0163. The number of carbonyl (C=O) groups excluding carboxylic acids is 1. The molecule has 2 atom stereocenters.